The molecule has 0 radical (unpaired) electrons. The summed E-state index contributed by atoms with van der Waals surface area (Å²) in [5.41, 5.74) is 0.641. The summed E-state index contributed by atoms with van der Waals surface area (Å²) in [4.78, 5) is 3.96. The number of anilines is 1. The number of aromatic nitrogens is 3. The third-order valence-electron chi connectivity index (χ3n) is 2.97. The third-order valence-corrected chi connectivity index (χ3v) is 3.55. The number of nitrogens with one attached hydrogen (secondary N) is 1. The van der Waals surface area contributed by atoms with Gasteiger partial charge in [0.1, 0.15) is 17.6 Å². The highest BCUT2D eigenvalue weighted by atomic mass is 32.2. The van der Waals surface area contributed by atoms with E-state index in [1.165, 1.54) is 18.3 Å². The molecular weight excluding hydrogens is 330 g/mol. The number of hydrogen-bond donors (Lipinski definition) is 1. The SMILES string of the molecule is CS(=O)(=O)Nc1ccc(Oc2c(C#N)nnc3ccccc23)cn1. The van der Waals surface area contributed by atoms with Gasteiger partial charge in [0.2, 0.25) is 15.7 Å². The zero-order valence-electron chi connectivity index (χ0n) is 12.5. The number of benzene rings is 1. The molecule has 24 heavy (non-hydrogen) atoms. The van der Waals surface area contributed by atoms with Crippen LogP contribution in [0.25, 0.3) is 10.9 Å². The first-order valence-corrected chi connectivity index (χ1v) is 8.62. The third kappa shape index (κ3) is 3.39. The predicted octanol–water partition coefficient (Wildman–Crippen LogP) is 2.06. The molecule has 0 bridgehead atoms. The Labute approximate surface area is 137 Å². The lowest BCUT2D eigenvalue weighted by Gasteiger charge is -2.09. The van der Waals surface area contributed by atoms with Gasteiger partial charge >= 0.3 is 0 Å². The van der Waals surface area contributed by atoms with Crippen LogP contribution in [0, 0.1) is 11.3 Å². The van der Waals surface area contributed by atoms with Crippen molar-refractivity contribution in [1.82, 2.24) is 15.2 Å². The number of fused-ring (bicyclic) bond motifs is 1. The highest BCUT2D eigenvalue weighted by Gasteiger charge is 2.13. The highest BCUT2D eigenvalue weighted by molar-refractivity contribution is 7.92. The summed E-state index contributed by atoms with van der Waals surface area (Å²) < 4.78 is 30.3. The molecule has 0 aliphatic rings. The van der Waals surface area contributed by atoms with Gasteiger partial charge in [0.25, 0.3) is 0 Å². The Balaban J connectivity index is 1.97. The van der Waals surface area contributed by atoms with Crippen molar-refractivity contribution >= 4 is 26.7 Å². The van der Waals surface area contributed by atoms with Gasteiger partial charge in [-0.25, -0.2) is 13.4 Å². The Bertz CT molecular complexity index is 1040. The summed E-state index contributed by atoms with van der Waals surface area (Å²) in [6.45, 7) is 0. The molecule has 0 saturated heterocycles. The molecule has 1 aromatic carbocycles. The molecule has 2 heterocycles. The standard InChI is InChI=1S/C15H11N5O3S/c1-24(21,22)20-14-7-6-10(9-17-14)23-15-11-4-2-3-5-12(11)18-19-13(15)8-16/h2-7,9H,1H3,(H,17,20). The first-order chi connectivity index (χ1) is 11.5. The van der Waals surface area contributed by atoms with Gasteiger partial charge in [-0.1, -0.05) is 12.1 Å². The van der Waals surface area contributed by atoms with E-state index < -0.39 is 10.0 Å². The number of sulfonamides is 1. The van der Waals surface area contributed by atoms with Crippen molar-refractivity contribution in [3.63, 3.8) is 0 Å². The van der Waals surface area contributed by atoms with Crippen LogP contribution in [-0.4, -0.2) is 29.9 Å². The van der Waals surface area contributed by atoms with Crippen molar-refractivity contribution in [1.29, 1.82) is 5.26 Å². The largest absolute Gasteiger partial charge is 0.452 e. The van der Waals surface area contributed by atoms with Gasteiger partial charge in [-0.15, -0.1) is 10.2 Å². The molecule has 120 valence electrons. The van der Waals surface area contributed by atoms with Gasteiger partial charge in [-0.05, 0) is 24.3 Å². The van der Waals surface area contributed by atoms with Crippen LogP contribution in [0.1, 0.15) is 5.69 Å². The van der Waals surface area contributed by atoms with Crippen LogP contribution >= 0.6 is 0 Å². The Morgan fingerprint density at radius 3 is 2.62 bits per heavy atom. The molecule has 3 aromatic rings. The number of nitrogens with zero attached hydrogens (tertiary/aromatic N) is 4. The summed E-state index contributed by atoms with van der Waals surface area (Å²) in [6.07, 6.45) is 2.39. The molecular formula is C15H11N5O3S. The zero-order valence-corrected chi connectivity index (χ0v) is 13.3. The topological polar surface area (TPSA) is 118 Å². The quantitative estimate of drug-likeness (QED) is 0.771. The van der Waals surface area contributed by atoms with Crippen molar-refractivity contribution in [3.8, 4) is 17.6 Å². The number of rotatable bonds is 4. The number of hydrogen-bond acceptors (Lipinski definition) is 7. The predicted molar refractivity (Wildman–Crippen MR) is 87.0 cm³/mol. The van der Waals surface area contributed by atoms with E-state index in [9.17, 15) is 13.7 Å². The maximum Gasteiger partial charge on any atom is 0.230 e. The van der Waals surface area contributed by atoms with Gasteiger partial charge in [0, 0.05) is 5.39 Å². The van der Waals surface area contributed by atoms with Crippen molar-refractivity contribution in [3.05, 3.63) is 48.3 Å². The molecule has 0 fully saturated rings. The number of nitriles is 1. The Morgan fingerprint density at radius 1 is 1.17 bits per heavy atom. The lowest BCUT2D eigenvalue weighted by Crippen LogP contribution is -2.10. The lowest BCUT2D eigenvalue weighted by atomic mass is 10.2. The van der Waals surface area contributed by atoms with Crippen LogP contribution in [0.4, 0.5) is 5.82 Å². The summed E-state index contributed by atoms with van der Waals surface area (Å²) in [6, 6.07) is 12.1. The van der Waals surface area contributed by atoms with E-state index in [1.807, 2.05) is 6.07 Å². The minimum atomic E-state index is -3.40. The average molecular weight is 341 g/mol. The average Bonchev–Trinajstić information content (AvgIpc) is 2.55. The minimum Gasteiger partial charge on any atom is -0.452 e. The van der Waals surface area contributed by atoms with E-state index in [0.717, 1.165) is 6.26 Å². The molecule has 1 N–H and O–H groups in total. The fraction of sp³-hybridized carbons (Fsp3) is 0.0667. The summed E-state index contributed by atoms with van der Waals surface area (Å²) in [7, 11) is -3.40. The van der Waals surface area contributed by atoms with E-state index in [2.05, 4.69) is 19.9 Å². The molecule has 9 heteroatoms. The van der Waals surface area contributed by atoms with E-state index in [0.29, 0.717) is 16.7 Å². The maximum absolute atomic E-state index is 11.2. The Morgan fingerprint density at radius 2 is 1.96 bits per heavy atom. The fourth-order valence-electron chi connectivity index (χ4n) is 2.01. The monoisotopic (exact) mass is 341 g/mol. The maximum atomic E-state index is 11.2. The molecule has 3 rings (SSSR count). The van der Waals surface area contributed by atoms with Crippen molar-refractivity contribution in [2.24, 2.45) is 0 Å². The number of ether oxygens (including phenoxy) is 1. The normalized spacial score (nSPS) is 11.0. The van der Waals surface area contributed by atoms with Crippen LogP contribution in [-0.2, 0) is 10.0 Å². The second-order valence-corrected chi connectivity index (χ2v) is 6.61. The Kier molecular flexibility index (Phi) is 3.97. The summed E-state index contributed by atoms with van der Waals surface area (Å²) in [5.74, 6) is 0.778. The minimum absolute atomic E-state index is 0.0482. The van der Waals surface area contributed by atoms with E-state index in [1.54, 1.807) is 24.3 Å². The van der Waals surface area contributed by atoms with Gasteiger partial charge in [0.15, 0.2) is 5.75 Å². The van der Waals surface area contributed by atoms with Crippen LogP contribution in [0.3, 0.4) is 0 Å². The van der Waals surface area contributed by atoms with Crippen LogP contribution < -0.4 is 9.46 Å². The molecule has 0 aliphatic heterocycles. The smallest absolute Gasteiger partial charge is 0.230 e. The molecule has 0 amide bonds. The van der Waals surface area contributed by atoms with Gasteiger partial charge in [0.05, 0.1) is 18.0 Å². The fourth-order valence-corrected chi connectivity index (χ4v) is 2.52. The van der Waals surface area contributed by atoms with E-state index in [4.69, 9.17) is 4.74 Å². The molecule has 0 saturated carbocycles. The van der Waals surface area contributed by atoms with Crippen LogP contribution in [0.15, 0.2) is 42.6 Å². The molecule has 0 aliphatic carbocycles. The first-order valence-electron chi connectivity index (χ1n) is 6.73. The van der Waals surface area contributed by atoms with Crippen LogP contribution in [0.2, 0.25) is 0 Å². The van der Waals surface area contributed by atoms with E-state index in [-0.39, 0.29) is 17.3 Å². The van der Waals surface area contributed by atoms with Gasteiger partial charge in [-0.3, -0.25) is 4.72 Å². The zero-order chi connectivity index (χ0) is 17.2. The second kappa shape index (κ2) is 6.10. The van der Waals surface area contributed by atoms with Gasteiger partial charge < -0.3 is 4.74 Å². The molecule has 0 unspecified atom stereocenters. The first kappa shape index (κ1) is 15.6. The molecule has 2 aromatic heterocycles. The Hall–Kier alpha value is -3.25. The molecule has 0 atom stereocenters. The highest BCUT2D eigenvalue weighted by Crippen LogP contribution is 2.30. The molecule has 0 spiro atoms. The van der Waals surface area contributed by atoms with Crippen molar-refractivity contribution in [2.45, 2.75) is 0 Å². The summed E-state index contributed by atoms with van der Waals surface area (Å²) >= 11 is 0. The van der Waals surface area contributed by atoms with Gasteiger partial charge in [-0.2, -0.15) is 5.26 Å². The number of pyridine rings is 1. The van der Waals surface area contributed by atoms with Crippen LogP contribution in [0.5, 0.6) is 11.5 Å². The van der Waals surface area contributed by atoms with Crippen molar-refractivity contribution in [2.75, 3.05) is 11.0 Å². The lowest BCUT2D eigenvalue weighted by molar-refractivity contribution is 0.480. The van der Waals surface area contributed by atoms with E-state index >= 15 is 0 Å². The second-order valence-electron chi connectivity index (χ2n) is 4.86. The van der Waals surface area contributed by atoms with Crippen molar-refractivity contribution < 1.29 is 13.2 Å². The molecule has 8 nitrogen and oxygen atoms in total. The summed E-state index contributed by atoms with van der Waals surface area (Å²) in [5, 5.41) is 17.6.